The SMILES string of the molecule is O=C1NC[C@@]2(CCCN(C(=O)CN3CCN(c4ncccn4)CC3)C2)O1. The van der Waals surface area contributed by atoms with Crippen LogP contribution in [0.25, 0.3) is 0 Å². The summed E-state index contributed by atoms with van der Waals surface area (Å²) in [6.07, 6.45) is 4.79. The van der Waals surface area contributed by atoms with E-state index in [1.807, 2.05) is 4.90 Å². The third-order valence-corrected chi connectivity index (χ3v) is 5.32. The van der Waals surface area contributed by atoms with Crippen LogP contribution in [-0.4, -0.2) is 89.7 Å². The largest absolute Gasteiger partial charge is 0.439 e. The van der Waals surface area contributed by atoms with Crippen molar-refractivity contribution in [3.63, 3.8) is 0 Å². The maximum Gasteiger partial charge on any atom is 0.407 e. The summed E-state index contributed by atoms with van der Waals surface area (Å²) < 4.78 is 5.45. The van der Waals surface area contributed by atoms with Gasteiger partial charge in [0.05, 0.1) is 19.6 Å². The van der Waals surface area contributed by atoms with Crippen LogP contribution in [0.4, 0.5) is 10.7 Å². The van der Waals surface area contributed by atoms with Gasteiger partial charge in [0.2, 0.25) is 11.9 Å². The summed E-state index contributed by atoms with van der Waals surface area (Å²) in [7, 11) is 0. The van der Waals surface area contributed by atoms with Gasteiger partial charge < -0.3 is 19.9 Å². The molecule has 4 rings (SSSR count). The molecular formula is C17H24N6O3. The zero-order chi connectivity index (χ0) is 18.0. The van der Waals surface area contributed by atoms with Crippen molar-refractivity contribution in [1.29, 1.82) is 0 Å². The van der Waals surface area contributed by atoms with Crippen molar-refractivity contribution in [3.8, 4) is 0 Å². The molecule has 1 aromatic heterocycles. The number of carbonyl (C=O) groups excluding carboxylic acids is 2. The van der Waals surface area contributed by atoms with E-state index in [9.17, 15) is 9.59 Å². The lowest BCUT2D eigenvalue weighted by Crippen LogP contribution is -2.55. The van der Waals surface area contributed by atoms with Gasteiger partial charge in [-0.15, -0.1) is 0 Å². The van der Waals surface area contributed by atoms with Gasteiger partial charge >= 0.3 is 6.09 Å². The zero-order valence-corrected chi connectivity index (χ0v) is 14.8. The van der Waals surface area contributed by atoms with Crippen molar-refractivity contribution >= 4 is 17.9 Å². The molecule has 3 aliphatic rings. The number of ether oxygens (including phenoxy) is 1. The van der Waals surface area contributed by atoms with Crippen LogP contribution in [0.5, 0.6) is 0 Å². The number of anilines is 1. The second-order valence-electron chi connectivity index (χ2n) is 7.16. The normalized spacial score (nSPS) is 26.7. The zero-order valence-electron chi connectivity index (χ0n) is 14.8. The first-order valence-corrected chi connectivity index (χ1v) is 9.13. The van der Waals surface area contributed by atoms with Gasteiger partial charge in [-0.1, -0.05) is 0 Å². The fraction of sp³-hybridized carbons (Fsp3) is 0.647. The Bertz CT molecular complexity index is 664. The average molecular weight is 360 g/mol. The van der Waals surface area contributed by atoms with Crippen molar-refractivity contribution in [2.24, 2.45) is 0 Å². The predicted molar refractivity (Wildman–Crippen MR) is 93.7 cm³/mol. The number of rotatable bonds is 3. The van der Waals surface area contributed by atoms with Gasteiger partial charge in [-0.2, -0.15) is 0 Å². The molecule has 3 fully saturated rings. The lowest BCUT2D eigenvalue weighted by atomic mass is 9.93. The van der Waals surface area contributed by atoms with Crippen LogP contribution in [0, 0.1) is 0 Å². The fourth-order valence-corrected chi connectivity index (χ4v) is 3.89. The van der Waals surface area contributed by atoms with Crippen molar-refractivity contribution in [1.82, 2.24) is 25.1 Å². The highest BCUT2D eigenvalue weighted by Gasteiger charge is 2.44. The van der Waals surface area contributed by atoms with Gasteiger partial charge in [-0.3, -0.25) is 9.69 Å². The van der Waals surface area contributed by atoms with E-state index >= 15 is 0 Å². The molecule has 4 heterocycles. The second kappa shape index (κ2) is 7.06. The number of piperazine rings is 1. The standard InChI is InChI=1S/C17H24N6O3/c24-14(23-6-1-3-17(13-23)12-20-16(25)26-17)11-21-7-9-22(10-8-21)15-18-4-2-5-19-15/h2,4-5H,1,3,6-13H2,(H,20,25)/t17-/m1/s1. The quantitative estimate of drug-likeness (QED) is 0.791. The third kappa shape index (κ3) is 3.57. The lowest BCUT2D eigenvalue weighted by molar-refractivity contribution is -0.138. The topological polar surface area (TPSA) is 90.9 Å². The number of amides is 2. The number of aromatic nitrogens is 2. The van der Waals surface area contributed by atoms with Crippen LogP contribution >= 0.6 is 0 Å². The van der Waals surface area contributed by atoms with Gasteiger partial charge in [0.1, 0.15) is 5.60 Å². The number of nitrogens with one attached hydrogen (secondary N) is 1. The Labute approximate surface area is 152 Å². The summed E-state index contributed by atoms with van der Waals surface area (Å²) in [5, 5.41) is 2.71. The summed E-state index contributed by atoms with van der Waals surface area (Å²) in [5.41, 5.74) is -0.533. The molecule has 2 amide bonds. The Morgan fingerprint density at radius 1 is 1.19 bits per heavy atom. The summed E-state index contributed by atoms with van der Waals surface area (Å²) in [5.74, 6) is 0.850. The summed E-state index contributed by atoms with van der Waals surface area (Å²) >= 11 is 0. The molecule has 9 nitrogen and oxygen atoms in total. The molecule has 0 bridgehead atoms. The first-order valence-electron chi connectivity index (χ1n) is 9.13. The molecule has 0 aromatic carbocycles. The Morgan fingerprint density at radius 2 is 1.96 bits per heavy atom. The number of carbonyl (C=O) groups is 2. The van der Waals surface area contributed by atoms with E-state index in [0.717, 1.165) is 51.5 Å². The number of hydrogen-bond donors (Lipinski definition) is 1. The molecule has 9 heteroatoms. The predicted octanol–water partition coefficient (Wildman–Crippen LogP) is -0.300. The van der Waals surface area contributed by atoms with Crippen molar-refractivity contribution in [3.05, 3.63) is 18.5 Å². The molecular weight excluding hydrogens is 336 g/mol. The molecule has 1 atom stereocenters. The monoisotopic (exact) mass is 360 g/mol. The van der Waals surface area contributed by atoms with Crippen molar-refractivity contribution in [2.75, 3.05) is 57.3 Å². The summed E-state index contributed by atoms with van der Waals surface area (Å²) in [4.78, 5) is 38.8. The highest BCUT2D eigenvalue weighted by atomic mass is 16.6. The van der Waals surface area contributed by atoms with Crippen molar-refractivity contribution < 1.29 is 14.3 Å². The molecule has 140 valence electrons. The van der Waals surface area contributed by atoms with E-state index < -0.39 is 5.60 Å². The van der Waals surface area contributed by atoms with E-state index in [0.29, 0.717) is 19.6 Å². The van der Waals surface area contributed by atoms with Gasteiger partial charge in [-0.25, -0.2) is 14.8 Å². The minimum absolute atomic E-state index is 0.108. The Hall–Kier alpha value is -2.42. The van der Waals surface area contributed by atoms with E-state index in [-0.39, 0.29) is 12.0 Å². The minimum atomic E-state index is -0.533. The van der Waals surface area contributed by atoms with Crippen LogP contribution in [0.2, 0.25) is 0 Å². The average Bonchev–Trinajstić information content (AvgIpc) is 3.03. The maximum atomic E-state index is 12.7. The smallest absolute Gasteiger partial charge is 0.407 e. The van der Waals surface area contributed by atoms with Gasteiger partial charge in [0, 0.05) is 45.1 Å². The Kier molecular flexibility index (Phi) is 4.62. The number of piperidine rings is 1. The molecule has 3 aliphatic heterocycles. The van der Waals surface area contributed by atoms with Crippen LogP contribution < -0.4 is 10.2 Å². The molecule has 1 spiro atoms. The van der Waals surface area contributed by atoms with Crippen LogP contribution in [0.3, 0.4) is 0 Å². The third-order valence-electron chi connectivity index (χ3n) is 5.32. The number of hydrogen-bond acceptors (Lipinski definition) is 7. The van der Waals surface area contributed by atoms with Gasteiger partial charge in [0.25, 0.3) is 0 Å². The summed E-state index contributed by atoms with van der Waals surface area (Å²) in [6.45, 7) is 5.34. The molecule has 0 aliphatic carbocycles. The second-order valence-corrected chi connectivity index (χ2v) is 7.16. The maximum absolute atomic E-state index is 12.7. The van der Waals surface area contributed by atoms with E-state index in [1.165, 1.54) is 0 Å². The van der Waals surface area contributed by atoms with Gasteiger partial charge in [0.15, 0.2) is 0 Å². The molecule has 0 saturated carbocycles. The lowest BCUT2D eigenvalue weighted by Gasteiger charge is -2.40. The highest BCUT2D eigenvalue weighted by molar-refractivity contribution is 5.79. The van der Waals surface area contributed by atoms with E-state index in [4.69, 9.17) is 4.74 Å². The fourth-order valence-electron chi connectivity index (χ4n) is 3.89. The Balaban J connectivity index is 1.28. The van der Waals surface area contributed by atoms with Crippen LogP contribution in [-0.2, 0) is 9.53 Å². The van der Waals surface area contributed by atoms with E-state index in [1.54, 1.807) is 18.5 Å². The first kappa shape index (κ1) is 17.0. The summed E-state index contributed by atoms with van der Waals surface area (Å²) in [6, 6.07) is 1.81. The van der Waals surface area contributed by atoms with Crippen LogP contribution in [0.15, 0.2) is 18.5 Å². The minimum Gasteiger partial charge on any atom is -0.439 e. The van der Waals surface area contributed by atoms with Gasteiger partial charge in [-0.05, 0) is 18.9 Å². The number of alkyl carbamates (subject to hydrolysis) is 1. The Morgan fingerprint density at radius 3 is 2.65 bits per heavy atom. The molecule has 1 aromatic rings. The molecule has 0 unspecified atom stereocenters. The number of nitrogens with zero attached hydrogens (tertiary/aromatic N) is 5. The first-order chi connectivity index (χ1) is 12.6. The van der Waals surface area contributed by atoms with E-state index in [2.05, 4.69) is 25.1 Å². The molecule has 26 heavy (non-hydrogen) atoms. The van der Waals surface area contributed by atoms with Crippen LogP contribution in [0.1, 0.15) is 12.8 Å². The molecule has 3 saturated heterocycles. The molecule has 0 radical (unpaired) electrons. The molecule has 1 N–H and O–H groups in total. The number of likely N-dealkylation sites (tertiary alicyclic amines) is 1. The highest BCUT2D eigenvalue weighted by Crippen LogP contribution is 2.28. The van der Waals surface area contributed by atoms with Crippen molar-refractivity contribution in [2.45, 2.75) is 18.4 Å².